The fraction of sp³-hybridized carbons (Fsp3) is 0.353. The molecule has 0 atom stereocenters. The van der Waals surface area contributed by atoms with Crippen molar-refractivity contribution in [3.05, 3.63) is 48.2 Å². The SMILES string of the molecule is COC(C)(C)c1nsc(NCCc2ncc(-c3ccccc3)[nH]2)n1. The smallest absolute Gasteiger partial charge is 0.202 e. The molecule has 0 bridgehead atoms. The van der Waals surface area contributed by atoms with Gasteiger partial charge in [0.1, 0.15) is 11.4 Å². The molecule has 0 fully saturated rings. The second kappa shape index (κ2) is 7.11. The Morgan fingerprint density at radius 3 is 2.79 bits per heavy atom. The first-order valence-corrected chi connectivity index (χ1v) is 8.58. The summed E-state index contributed by atoms with van der Waals surface area (Å²) in [5.74, 6) is 1.64. The predicted molar refractivity (Wildman–Crippen MR) is 96.2 cm³/mol. The monoisotopic (exact) mass is 343 g/mol. The van der Waals surface area contributed by atoms with Gasteiger partial charge in [0, 0.05) is 31.6 Å². The van der Waals surface area contributed by atoms with E-state index in [-0.39, 0.29) is 0 Å². The molecule has 3 aromatic rings. The van der Waals surface area contributed by atoms with Gasteiger partial charge in [-0.2, -0.15) is 4.37 Å². The molecule has 0 saturated heterocycles. The van der Waals surface area contributed by atoms with Crippen LogP contribution in [0.2, 0.25) is 0 Å². The maximum absolute atomic E-state index is 5.39. The molecule has 6 nitrogen and oxygen atoms in total. The van der Waals surface area contributed by atoms with E-state index in [0.29, 0.717) is 5.82 Å². The minimum absolute atomic E-state index is 0.470. The number of ether oxygens (including phenoxy) is 1. The molecule has 0 aliphatic carbocycles. The molecule has 0 aliphatic rings. The number of rotatable bonds is 7. The summed E-state index contributed by atoms with van der Waals surface area (Å²) >= 11 is 1.35. The molecule has 0 spiro atoms. The Kier molecular flexibility index (Phi) is 4.92. The van der Waals surface area contributed by atoms with Crippen LogP contribution in [0, 0.1) is 0 Å². The van der Waals surface area contributed by atoms with E-state index < -0.39 is 5.60 Å². The van der Waals surface area contributed by atoms with Crippen LogP contribution in [0.4, 0.5) is 5.13 Å². The minimum atomic E-state index is -0.470. The van der Waals surface area contributed by atoms with Gasteiger partial charge in [-0.3, -0.25) is 0 Å². The first-order chi connectivity index (χ1) is 11.6. The van der Waals surface area contributed by atoms with Crippen molar-refractivity contribution in [1.29, 1.82) is 0 Å². The van der Waals surface area contributed by atoms with Gasteiger partial charge in [-0.1, -0.05) is 30.3 Å². The van der Waals surface area contributed by atoms with Crippen molar-refractivity contribution in [3.63, 3.8) is 0 Å². The van der Waals surface area contributed by atoms with Gasteiger partial charge in [0.15, 0.2) is 5.82 Å². The van der Waals surface area contributed by atoms with Crippen LogP contribution < -0.4 is 5.32 Å². The van der Waals surface area contributed by atoms with Gasteiger partial charge in [-0.25, -0.2) is 9.97 Å². The molecule has 3 rings (SSSR count). The zero-order chi connectivity index (χ0) is 17.0. The van der Waals surface area contributed by atoms with Crippen molar-refractivity contribution >= 4 is 16.7 Å². The van der Waals surface area contributed by atoms with Gasteiger partial charge in [-0.05, 0) is 19.4 Å². The summed E-state index contributed by atoms with van der Waals surface area (Å²) < 4.78 is 9.74. The zero-order valence-electron chi connectivity index (χ0n) is 14.0. The summed E-state index contributed by atoms with van der Waals surface area (Å²) in [5, 5.41) is 4.08. The van der Waals surface area contributed by atoms with E-state index in [0.717, 1.165) is 35.2 Å². The number of aromatic nitrogens is 4. The topological polar surface area (TPSA) is 75.7 Å². The molecule has 2 heterocycles. The van der Waals surface area contributed by atoms with E-state index in [2.05, 4.69) is 36.8 Å². The molecular formula is C17H21N5OS. The molecule has 0 aliphatic heterocycles. The van der Waals surface area contributed by atoms with Gasteiger partial charge in [0.05, 0.1) is 11.9 Å². The number of nitrogens with one attached hydrogen (secondary N) is 2. The number of H-pyrrole nitrogens is 1. The Hall–Kier alpha value is -2.25. The Balaban J connectivity index is 1.55. The van der Waals surface area contributed by atoms with Crippen LogP contribution in [0.25, 0.3) is 11.3 Å². The third-order valence-corrected chi connectivity index (χ3v) is 4.50. The molecule has 0 unspecified atom stereocenters. The lowest BCUT2D eigenvalue weighted by Crippen LogP contribution is -2.21. The maximum Gasteiger partial charge on any atom is 0.202 e. The lowest BCUT2D eigenvalue weighted by atomic mass is 10.1. The average molecular weight is 343 g/mol. The van der Waals surface area contributed by atoms with Gasteiger partial charge < -0.3 is 15.0 Å². The standard InChI is InChI=1S/C17H21N5OS/c1-17(2,23-3)15-21-16(24-22-15)18-10-9-14-19-11-13(20-14)12-7-5-4-6-8-12/h4-8,11H,9-10H2,1-3H3,(H,19,20)(H,18,21,22). The summed E-state index contributed by atoms with van der Waals surface area (Å²) in [7, 11) is 1.66. The largest absolute Gasteiger partial charge is 0.371 e. The fourth-order valence-electron chi connectivity index (χ4n) is 2.17. The van der Waals surface area contributed by atoms with Crippen LogP contribution >= 0.6 is 11.5 Å². The van der Waals surface area contributed by atoms with Crippen molar-refractivity contribution in [2.24, 2.45) is 0 Å². The van der Waals surface area contributed by atoms with Crippen molar-refractivity contribution in [2.45, 2.75) is 25.9 Å². The summed E-state index contributed by atoms with van der Waals surface area (Å²) in [5.41, 5.74) is 1.70. The number of hydrogen-bond donors (Lipinski definition) is 2. The van der Waals surface area contributed by atoms with E-state index in [1.165, 1.54) is 11.5 Å². The molecule has 0 saturated carbocycles. The first-order valence-electron chi connectivity index (χ1n) is 7.81. The molecule has 0 radical (unpaired) electrons. The van der Waals surface area contributed by atoms with Crippen LogP contribution in [-0.4, -0.2) is 33.0 Å². The summed E-state index contributed by atoms with van der Waals surface area (Å²) in [6.07, 6.45) is 2.66. The number of benzene rings is 1. The van der Waals surface area contributed by atoms with Crippen molar-refractivity contribution in [2.75, 3.05) is 19.0 Å². The quantitative estimate of drug-likeness (QED) is 0.687. The van der Waals surface area contributed by atoms with Gasteiger partial charge in [0.2, 0.25) is 5.13 Å². The Morgan fingerprint density at radius 1 is 1.25 bits per heavy atom. The van der Waals surface area contributed by atoms with Crippen molar-refractivity contribution in [3.8, 4) is 11.3 Å². The summed E-state index contributed by atoms with van der Waals surface area (Å²) in [6.45, 7) is 4.64. The third-order valence-electron chi connectivity index (χ3n) is 3.83. The highest BCUT2D eigenvalue weighted by molar-refractivity contribution is 7.09. The van der Waals surface area contributed by atoms with Gasteiger partial charge >= 0.3 is 0 Å². The molecule has 0 amide bonds. The number of hydrogen-bond acceptors (Lipinski definition) is 6. The Morgan fingerprint density at radius 2 is 2.04 bits per heavy atom. The molecular weight excluding hydrogens is 322 g/mol. The summed E-state index contributed by atoms with van der Waals surface area (Å²) in [6, 6.07) is 10.2. The Bertz CT molecular complexity index is 781. The van der Waals surface area contributed by atoms with Crippen LogP contribution in [0.5, 0.6) is 0 Å². The highest BCUT2D eigenvalue weighted by Gasteiger charge is 2.24. The highest BCUT2D eigenvalue weighted by Crippen LogP contribution is 2.24. The molecule has 2 N–H and O–H groups in total. The predicted octanol–water partition coefficient (Wildman–Crippen LogP) is 3.46. The van der Waals surface area contributed by atoms with Crippen LogP contribution in [0.15, 0.2) is 36.5 Å². The van der Waals surface area contributed by atoms with Crippen molar-refractivity contribution < 1.29 is 4.74 Å². The maximum atomic E-state index is 5.39. The molecule has 2 aromatic heterocycles. The summed E-state index contributed by atoms with van der Waals surface area (Å²) in [4.78, 5) is 12.3. The molecule has 1 aromatic carbocycles. The van der Waals surface area contributed by atoms with Crippen LogP contribution in [-0.2, 0) is 16.8 Å². The minimum Gasteiger partial charge on any atom is -0.371 e. The number of methoxy groups -OCH3 is 1. The average Bonchev–Trinajstić information content (AvgIpc) is 3.26. The van der Waals surface area contributed by atoms with E-state index in [9.17, 15) is 0 Å². The molecule has 126 valence electrons. The lowest BCUT2D eigenvalue weighted by molar-refractivity contribution is 0.0126. The molecule has 24 heavy (non-hydrogen) atoms. The van der Waals surface area contributed by atoms with E-state index >= 15 is 0 Å². The Labute approximate surface area is 145 Å². The second-order valence-corrected chi connectivity index (χ2v) is 6.68. The zero-order valence-corrected chi connectivity index (χ0v) is 14.9. The third kappa shape index (κ3) is 3.80. The fourth-order valence-corrected chi connectivity index (χ4v) is 2.90. The van der Waals surface area contributed by atoms with Gasteiger partial charge in [0.25, 0.3) is 0 Å². The normalized spacial score (nSPS) is 11.6. The van der Waals surface area contributed by atoms with Crippen molar-refractivity contribution in [1.82, 2.24) is 19.3 Å². The van der Waals surface area contributed by atoms with E-state index in [1.54, 1.807) is 7.11 Å². The van der Waals surface area contributed by atoms with E-state index in [1.807, 2.05) is 38.2 Å². The van der Waals surface area contributed by atoms with Gasteiger partial charge in [-0.15, -0.1) is 0 Å². The second-order valence-electron chi connectivity index (χ2n) is 5.92. The molecule has 7 heteroatoms. The van der Waals surface area contributed by atoms with E-state index in [4.69, 9.17) is 4.74 Å². The number of aromatic amines is 1. The number of imidazole rings is 1. The first kappa shape index (κ1) is 16.6. The van der Waals surface area contributed by atoms with Crippen LogP contribution in [0.3, 0.4) is 0 Å². The van der Waals surface area contributed by atoms with Crippen LogP contribution in [0.1, 0.15) is 25.5 Å². The number of anilines is 1. The lowest BCUT2D eigenvalue weighted by Gasteiger charge is -2.18. The number of nitrogens with zero attached hydrogens (tertiary/aromatic N) is 3. The highest BCUT2D eigenvalue weighted by atomic mass is 32.1.